The van der Waals surface area contributed by atoms with Gasteiger partial charge >= 0.3 is 0 Å². The van der Waals surface area contributed by atoms with Crippen LogP contribution in [0.3, 0.4) is 0 Å². The average Bonchev–Trinajstić information content (AvgIpc) is 3.45. The Bertz CT molecular complexity index is 969. The maximum absolute atomic E-state index is 9.49. The lowest BCUT2D eigenvalue weighted by atomic mass is 10.0. The Kier molecular flexibility index (Phi) is 5.87. The van der Waals surface area contributed by atoms with Crippen molar-refractivity contribution in [3.8, 4) is 17.5 Å². The van der Waals surface area contributed by atoms with E-state index in [1.807, 2.05) is 12.1 Å². The summed E-state index contributed by atoms with van der Waals surface area (Å²) in [6.45, 7) is 5.00. The first-order valence-corrected chi connectivity index (χ1v) is 10.2. The molecule has 3 aromatic rings. The molecule has 1 aliphatic heterocycles. The highest BCUT2D eigenvalue weighted by Crippen LogP contribution is 2.29. The molecule has 1 aliphatic rings. The Labute approximate surface area is 171 Å². The third kappa shape index (κ3) is 4.30. The maximum atomic E-state index is 9.49. The highest BCUT2D eigenvalue weighted by molar-refractivity contribution is 5.57. The molecule has 1 fully saturated rings. The molecule has 0 bridgehead atoms. The number of aryl methyl sites for hydroxylation is 1. The molecule has 0 amide bonds. The molecule has 3 heterocycles. The van der Waals surface area contributed by atoms with Crippen LogP contribution in [0.5, 0.6) is 0 Å². The summed E-state index contributed by atoms with van der Waals surface area (Å²) < 4.78 is 5.87. The highest BCUT2D eigenvalue weighted by Gasteiger charge is 2.24. The van der Waals surface area contributed by atoms with Crippen LogP contribution in [0.25, 0.3) is 11.5 Å². The largest absolute Gasteiger partial charge is 0.419 e. The lowest BCUT2D eigenvalue weighted by molar-refractivity contribution is 0.255. The van der Waals surface area contributed by atoms with Gasteiger partial charge in [-0.2, -0.15) is 10.2 Å². The fourth-order valence-electron chi connectivity index (χ4n) is 3.80. The predicted octanol–water partition coefficient (Wildman–Crippen LogP) is 4.42. The zero-order chi connectivity index (χ0) is 20.1. The van der Waals surface area contributed by atoms with Gasteiger partial charge in [0, 0.05) is 18.9 Å². The monoisotopic (exact) mass is 387 g/mol. The topological polar surface area (TPSA) is 78.0 Å². The summed E-state index contributed by atoms with van der Waals surface area (Å²) in [6.07, 6.45) is 6.86. The van der Waals surface area contributed by atoms with Crippen LogP contribution < -0.4 is 5.32 Å². The Morgan fingerprint density at radius 2 is 2.00 bits per heavy atom. The molecular weight excluding hydrogens is 362 g/mol. The Morgan fingerprint density at radius 1 is 1.21 bits per heavy atom. The number of likely N-dealkylation sites (tertiary alicyclic amines) is 1. The number of oxazole rings is 1. The molecule has 148 valence electrons. The minimum Gasteiger partial charge on any atom is -0.419 e. The molecule has 4 rings (SSSR count). The Morgan fingerprint density at radius 3 is 2.66 bits per heavy atom. The number of nitrogens with zero attached hydrogens (tertiary/aromatic N) is 4. The zero-order valence-electron chi connectivity index (χ0n) is 16.6. The molecule has 6 heteroatoms. The van der Waals surface area contributed by atoms with Gasteiger partial charge in [-0.15, -0.1) is 0 Å². The van der Waals surface area contributed by atoms with Gasteiger partial charge < -0.3 is 9.73 Å². The van der Waals surface area contributed by atoms with Crippen molar-refractivity contribution in [3.63, 3.8) is 0 Å². The van der Waals surface area contributed by atoms with E-state index in [0.717, 1.165) is 25.1 Å². The maximum Gasteiger partial charge on any atom is 0.232 e. The first-order chi connectivity index (χ1) is 14.3. The summed E-state index contributed by atoms with van der Waals surface area (Å²) in [5, 5.41) is 12.8. The predicted molar refractivity (Wildman–Crippen MR) is 112 cm³/mol. The number of hydrogen-bond acceptors (Lipinski definition) is 6. The molecule has 2 aromatic heterocycles. The van der Waals surface area contributed by atoms with Gasteiger partial charge in [-0.3, -0.25) is 9.88 Å². The second-order valence-corrected chi connectivity index (χ2v) is 7.29. The number of anilines is 1. The molecule has 1 aromatic carbocycles. The number of aromatic nitrogens is 2. The molecule has 1 N–H and O–H groups in total. The molecule has 29 heavy (non-hydrogen) atoms. The third-order valence-corrected chi connectivity index (χ3v) is 5.45. The summed E-state index contributed by atoms with van der Waals surface area (Å²) in [7, 11) is 0. The van der Waals surface area contributed by atoms with Gasteiger partial charge in [-0.1, -0.05) is 31.2 Å². The molecule has 0 aliphatic carbocycles. The van der Waals surface area contributed by atoms with Crippen LogP contribution in [-0.2, 0) is 6.42 Å². The summed E-state index contributed by atoms with van der Waals surface area (Å²) in [4.78, 5) is 10.9. The summed E-state index contributed by atoms with van der Waals surface area (Å²) in [5.74, 6) is 0.822. The van der Waals surface area contributed by atoms with Gasteiger partial charge in [0.1, 0.15) is 6.07 Å². The minimum atomic E-state index is 0.224. The van der Waals surface area contributed by atoms with E-state index in [1.54, 1.807) is 12.4 Å². The van der Waals surface area contributed by atoms with E-state index in [1.165, 1.54) is 24.0 Å². The molecule has 0 saturated carbocycles. The van der Waals surface area contributed by atoms with Crippen molar-refractivity contribution in [1.82, 2.24) is 14.9 Å². The van der Waals surface area contributed by atoms with Crippen LogP contribution in [0, 0.1) is 11.3 Å². The van der Waals surface area contributed by atoms with Crippen LogP contribution in [0.2, 0.25) is 0 Å². The quantitative estimate of drug-likeness (QED) is 0.647. The van der Waals surface area contributed by atoms with Crippen LogP contribution >= 0.6 is 0 Å². The van der Waals surface area contributed by atoms with E-state index in [9.17, 15) is 5.26 Å². The molecular formula is C23H25N5O. The van der Waals surface area contributed by atoms with Gasteiger partial charge in [0.25, 0.3) is 0 Å². The van der Waals surface area contributed by atoms with Gasteiger partial charge in [0.15, 0.2) is 0 Å². The number of rotatable bonds is 7. The van der Waals surface area contributed by atoms with E-state index in [-0.39, 0.29) is 11.7 Å². The lowest BCUT2D eigenvalue weighted by Gasteiger charge is -2.28. The zero-order valence-corrected chi connectivity index (χ0v) is 16.6. The fourth-order valence-corrected chi connectivity index (χ4v) is 3.80. The van der Waals surface area contributed by atoms with Crippen molar-refractivity contribution < 1.29 is 4.42 Å². The molecule has 6 nitrogen and oxygen atoms in total. The Balaban J connectivity index is 1.55. The summed E-state index contributed by atoms with van der Waals surface area (Å²) in [6, 6.07) is 14.9. The molecule has 0 unspecified atom stereocenters. The lowest BCUT2D eigenvalue weighted by Crippen LogP contribution is -2.31. The second-order valence-electron chi connectivity index (χ2n) is 7.29. The third-order valence-electron chi connectivity index (χ3n) is 5.45. The second kappa shape index (κ2) is 8.89. The van der Waals surface area contributed by atoms with Gasteiger partial charge in [0.2, 0.25) is 17.5 Å². The van der Waals surface area contributed by atoms with Crippen LogP contribution in [0.15, 0.2) is 53.2 Å². The number of nitriles is 1. The number of hydrogen-bond donors (Lipinski definition) is 1. The number of pyridine rings is 1. The van der Waals surface area contributed by atoms with E-state index in [2.05, 4.69) is 57.4 Å². The number of benzene rings is 1. The average molecular weight is 387 g/mol. The first kappa shape index (κ1) is 19.2. The SMILES string of the molecule is CCc1ccc([C@@H](CNc2oc(-c3cccnc3)nc2C#N)N2CCCC2)cc1. The van der Waals surface area contributed by atoms with Gasteiger partial charge in [0.05, 0.1) is 11.6 Å². The van der Waals surface area contributed by atoms with Crippen molar-refractivity contribution in [2.75, 3.05) is 25.0 Å². The van der Waals surface area contributed by atoms with Crippen molar-refractivity contribution >= 4 is 5.88 Å². The molecule has 0 spiro atoms. The van der Waals surface area contributed by atoms with E-state index < -0.39 is 0 Å². The standard InChI is InChI=1S/C23H25N5O/c1-2-17-7-9-18(10-8-17)21(28-12-3-4-13-28)16-26-23-20(14-24)27-22(29-23)19-6-5-11-25-15-19/h5-11,15,21,26H,2-4,12-13,16H2,1H3/t21-/m1/s1. The van der Waals surface area contributed by atoms with Crippen molar-refractivity contribution in [2.24, 2.45) is 0 Å². The van der Waals surface area contributed by atoms with Crippen molar-refractivity contribution in [1.29, 1.82) is 5.26 Å². The molecule has 0 radical (unpaired) electrons. The van der Waals surface area contributed by atoms with E-state index >= 15 is 0 Å². The fraction of sp³-hybridized carbons (Fsp3) is 0.348. The van der Waals surface area contributed by atoms with Crippen LogP contribution in [0.1, 0.15) is 42.6 Å². The van der Waals surface area contributed by atoms with Crippen molar-refractivity contribution in [2.45, 2.75) is 32.2 Å². The minimum absolute atomic E-state index is 0.224. The highest BCUT2D eigenvalue weighted by atomic mass is 16.4. The molecule has 1 atom stereocenters. The van der Waals surface area contributed by atoms with E-state index in [4.69, 9.17) is 4.42 Å². The number of nitrogens with one attached hydrogen (secondary N) is 1. The Hall–Kier alpha value is -3.17. The van der Waals surface area contributed by atoms with Gasteiger partial charge in [-0.05, 0) is 55.6 Å². The van der Waals surface area contributed by atoms with Gasteiger partial charge in [-0.25, -0.2) is 0 Å². The normalized spacial score (nSPS) is 15.2. The van der Waals surface area contributed by atoms with Crippen LogP contribution in [-0.4, -0.2) is 34.5 Å². The summed E-state index contributed by atoms with van der Waals surface area (Å²) in [5.41, 5.74) is 3.64. The van der Waals surface area contributed by atoms with Crippen LogP contribution in [0.4, 0.5) is 5.88 Å². The summed E-state index contributed by atoms with van der Waals surface area (Å²) >= 11 is 0. The van der Waals surface area contributed by atoms with E-state index in [0.29, 0.717) is 18.3 Å². The van der Waals surface area contributed by atoms with Crippen molar-refractivity contribution in [3.05, 3.63) is 65.6 Å². The smallest absolute Gasteiger partial charge is 0.232 e. The molecule has 1 saturated heterocycles. The first-order valence-electron chi connectivity index (χ1n) is 10.2.